The number of carbonyl (C=O) groups excluding carboxylic acids is 2. The molecule has 0 heterocycles. The number of rotatable bonds is 7. The Hall–Kier alpha value is -3.33. The Balaban J connectivity index is 1.67. The van der Waals surface area contributed by atoms with Crippen molar-refractivity contribution >= 4 is 11.9 Å². The van der Waals surface area contributed by atoms with E-state index in [4.69, 9.17) is 14.2 Å². The van der Waals surface area contributed by atoms with Crippen LogP contribution in [0, 0.1) is 28.6 Å². The van der Waals surface area contributed by atoms with Gasteiger partial charge in [-0.25, -0.2) is 0 Å². The van der Waals surface area contributed by atoms with Crippen LogP contribution in [0.4, 0.5) is 0 Å². The van der Waals surface area contributed by atoms with Crippen molar-refractivity contribution in [3.05, 3.63) is 60.2 Å². The number of hydrogen-bond acceptors (Lipinski definition) is 6. The second-order valence-corrected chi connectivity index (χ2v) is 7.64. The van der Waals surface area contributed by atoms with Gasteiger partial charge in [0.2, 0.25) is 6.10 Å². The van der Waals surface area contributed by atoms with Gasteiger partial charge < -0.3 is 14.2 Å². The lowest BCUT2D eigenvalue weighted by Gasteiger charge is -2.13. The average molecular weight is 393 g/mol. The molecule has 1 aliphatic carbocycles. The summed E-state index contributed by atoms with van der Waals surface area (Å²) in [7, 11) is 0. The Kier molecular flexibility index (Phi) is 5.88. The average Bonchev–Trinajstić information content (AvgIpc) is 3.26. The molecule has 3 rings (SSSR count). The van der Waals surface area contributed by atoms with Crippen LogP contribution in [-0.4, -0.2) is 18.5 Å². The highest BCUT2D eigenvalue weighted by atomic mass is 16.5. The fraction of sp³-hybridized carbons (Fsp3) is 0.348. The van der Waals surface area contributed by atoms with E-state index < -0.39 is 18.0 Å². The van der Waals surface area contributed by atoms with Crippen LogP contribution >= 0.6 is 0 Å². The first-order valence-electron chi connectivity index (χ1n) is 9.39. The standard InChI is InChI=1S/C23H23NO5/c1-15(25)27-14-19-21(23(19,2)3)22(26)29-20(13-24)16-8-7-11-18(12-16)28-17-9-5-4-6-10-17/h4-12,19-21H,14H2,1-3H3/t19-,20?,21-/m0/s1. The molecule has 6 heteroatoms. The van der Waals surface area contributed by atoms with Crippen LogP contribution < -0.4 is 4.74 Å². The summed E-state index contributed by atoms with van der Waals surface area (Å²) < 4.78 is 16.3. The first kappa shape index (κ1) is 20.4. The lowest BCUT2D eigenvalue weighted by Crippen LogP contribution is -2.15. The van der Waals surface area contributed by atoms with Gasteiger partial charge in [0.05, 0.1) is 12.5 Å². The second-order valence-electron chi connectivity index (χ2n) is 7.64. The molecule has 0 amide bonds. The Bertz CT molecular complexity index is 932. The molecule has 0 aliphatic heterocycles. The number of ether oxygens (including phenoxy) is 3. The molecule has 1 saturated carbocycles. The summed E-state index contributed by atoms with van der Waals surface area (Å²) in [6.07, 6.45) is -1.05. The predicted octanol–water partition coefficient (Wildman–Crippen LogP) is 4.42. The van der Waals surface area contributed by atoms with Crippen LogP contribution in [0.5, 0.6) is 11.5 Å². The monoisotopic (exact) mass is 393 g/mol. The summed E-state index contributed by atoms with van der Waals surface area (Å²) in [6.45, 7) is 5.34. The molecule has 2 aromatic rings. The van der Waals surface area contributed by atoms with E-state index in [1.165, 1.54) is 6.92 Å². The third-order valence-electron chi connectivity index (χ3n) is 5.26. The quantitative estimate of drug-likeness (QED) is 0.647. The van der Waals surface area contributed by atoms with Crippen molar-refractivity contribution in [1.29, 1.82) is 5.26 Å². The molecule has 6 nitrogen and oxygen atoms in total. The van der Waals surface area contributed by atoms with Gasteiger partial charge in [-0.2, -0.15) is 5.26 Å². The lowest BCUT2D eigenvalue weighted by atomic mass is 10.1. The summed E-state index contributed by atoms with van der Waals surface area (Å²) >= 11 is 0. The normalized spacial score (nSPS) is 20.1. The highest BCUT2D eigenvalue weighted by Crippen LogP contribution is 2.59. The summed E-state index contributed by atoms with van der Waals surface area (Å²) in [4.78, 5) is 23.7. The molecule has 0 bridgehead atoms. The van der Waals surface area contributed by atoms with Gasteiger partial charge >= 0.3 is 11.9 Å². The minimum atomic E-state index is -1.05. The zero-order valence-electron chi connectivity index (χ0n) is 16.6. The van der Waals surface area contributed by atoms with Gasteiger partial charge in [0.15, 0.2) is 0 Å². The molecule has 3 atom stereocenters. The number of benzene rings is 2. The second kappa shape index (κ2) is 8.36. The largest absolute Gasteiger partial charge is 0.466 e. The van der Waals surface area contributed by atoms with Gasteiger partial charge in [-0.3, -0.25) is 9.59 Å². The number of nitrogens with zero attached hydrogens (tertiary/aromatic N) is 1. The van der Waals surface area contributed by atoms with E-state index in [2.05, 4.69) is 0 Å². The topological polar surface area (TPSA) is 85.6 Å². The van der Waals surface area contributed by atoms with E-state index in [0.29, 0.717) is 17.1 Å². The van der Waals surface area contributed by atoms with Gasteiger partial charge in [-0.15, -0.1) is 0 Å². The summed E-state index contributed by atoms with van der Waals surface area (Å²) in [5, 5.41) is 9.55. The number of carbonyl (C=O) groups is 2. The first-order valence-corrected chi connectivity index (χ1v) is 9.39. The minimum absolute atomic E-state index is 0.119. The molecule has 0 spiro atoms. The molecular weight excluding hydrogens is 370 g/mol. The van der Waals surface area contributed by atoms with Crippen molar-refractivity contribution in [2.45, 2.75) is 26.9 Å². The van der Waals surface area contributed by atoms with E-state index >= 15 is 0 Å². The number of esters is 2. The van der Waals surface area contributed by atoms with Crippen LogP contribution in [0.25, 0.3) is 0 Å². The van der Waals surface area contributed by atoms with Gasteiger partial charge in [0.25, 0.3) is 0 Å². The van der Waals surface area contributed by atoms with Crippen LogP contribution in [0.15, 0.2) is 54.6 Å². The number of nitriles is 1. The fourth-order valence-corrected chi connectivity index (χ4v) is 3.45. The lowest BCUT2D eigenvalue weighted by molar-refractivity contribution is -0.150. The first-order chi connectivity index (χ1) is 13.8. The van der Waals surface area contributed by atoms with Crippen LogP contribution in [0.1, 0.15) is 32.4 Å². The maximum absolute atomic E-state index is 12.6. The van der Waals surface area contributed by atoms with Gasteiger partial charge in [0.1, 0.15) is 17.6 Å². The molecule has 0 N–H and O–H groups in total. The third kappa shape index (κ3) is 4.75. The zero-order chi connectivity index (χ0) is 21.0. The summed E-state index contributed by atoms with van der Waals surface area (Å²) in [6, 6.07) is 18.2. The molecule has 1 unspecified atom stereocenters. The van der Waals surface area contributed by atoms with Crippen molar-refractivity contribution in [3.8, 4) is 17.6 Å². The van der Waals surface area contributed by atoms with Crippen molar-refractivity contribution in [2.75, 3.05) is 6.61 Å². The van der Waals surface area contributed by atoms with Crippen molar-refractivity contribution in [1.82, 2.24) is 0 Å². The highest BCUT2D eigenvalue weighted by Gasteiger charge is 2.63. The highest BCUT2D eigenvalue weighted by molar-refractivity contribution is 5.78. The molecule has 0 radical (unpaired) electrons. The summed E-state index contributed by atoms with van der Waals surface area (Å²) in [5.74, 6) is -0.168. The van der Waals surface area contributed by atoms with E-state index in [0.717, 1.165) is 0 Å². The van der Waals surface area contributed by atoms with Crippen molar-refractivity contribution in [2.24, 2.45) is 17.3 Å². The SMILES string of the molecule is CC(=O)OC[C@H]1[C@@H](C(=O)OC(C#N)c2cccc(Oc3ccccc3)c2)C1(C)C. The molecule has 2 aromatic carbocycles. The summed E-state index contributed by atoms with van der Waals surface area (Å²) in [5.41, 5.74) is 0.189. The van der Waals surface area contributed by atoms with E-state index in [1.807, 2.05) is 50.2 Å². The molecule has 0 saturated heterocycles. The Morgan fingerprint density at radius 2 is 1.79 bits per heavy atom. The van der Waals surface area contributed by atoms with Gasteiger partial charge in [-0.05, 0) is 29.7 Å². The Morgan fingerprint density at radius 3 is 2.45 bits per heavy atom. The molecule has 1 aliphatic rings. The van der Waals surface area contributed by atoms with Crippen LogP contribution in [0.3, 0.4) is 0 Å². The van der Waals surface area contributed by atoms with Crippen molar-refractivity contribution < 1.29 is 23.8 Å². The number of hydrogen-bond donors (Lipinski definition) is 0. The fourth-order valence-electron chi connectivity index (χ4n) is 3.45. The maximum atomic E-state index is 12.6. The van der Waals surface area contributed by atoms with Gasteiger partial charge in [-0.1, -0.05) is 44.2 Å². The Labute approximate surface area is 170 Å². The zero-order valence-corrected chi connectivity index (χ0v) is 16.6. The van der Waals surface area contributed by atoms with Crippen LogP contribution in [-0.2, 0) is 19.1 Å². The molecule has 0 aromatic heterocycles. The molecule has 150 valence electrons. The van der Waals surface area contributed by atoms with E-state index in [-0.39, 0.29) is 23.9 Å². The van der Waals surface area contributed by atoms with Crippen LogP contribution in [0.2, 0.25) is 0 Å². The number of para-hydroxylation sites is 1. The van der Waals surface area contributed by atoms with Crippen molar-refractivity contribution in [3.63, 3.8) is 0 Å². The smallest absolute Gasteiger partial charge is 0.311 e. The molecule has 29 heavy (non-hydrogen) atoms. The van der Waals surface area contributed by atoms with Gasteiger partial charge in [0, 0.05) is 18.4 Å². The van der Waals surface area contributed by atoms with E-state index in [9.17, 15) is 14.9 Å². The molecule has 1 fully saturated rings. The Morgan fingerprint density at radius 1 is 1.10 bits per heavy atom. The minimum Gasteiger partial charge on any atom is -0.466 e. The van der Waals surface area contributed by atoms with E-state index in [1.54, 1.807) is 24.3 Å². The third-order valence-corrected chi connectivity index (χ3v) is 5.26. The molecular formula is C23H23NO5. The predicted molar refractivity (Wildman–Crippen MR) is 105 cm³/mol. The maximum Gasteiger partial charge on any atom is 0.311 e.